The average Bonchev–Trinajstić information content (AvgIpc) is 3.24. The van der Waals surface area contributed by atoms with Crippen molar-refractivity contribution in [1.29, 1.82) is 0 Å². The fourth-order valence-corrected chi connectivity index (χ4v) is 4.17. The van der Waals surface area contributed by atoms with Crippen LogP contribution in [0.2, 0.25) is 0 Å². The molecule has 4 aromatic rings. The van der Waals surface area contributed by atoms with Crippen LogP contribution in [-0.2, 0) is 23.4 Å². The molecule has 0 amide bonds. The largest absolute Gasteiger partial charge is 0.494 e. The molecule has 3 aromatic heterocycles. The van der Waals surface area contributed by atoms with Crippen LogP contribution in [-0.4, -0.2) is 42.2 Å². The van der Waals surface area contributed by atoms with Gasteiger partial charge in [-0.3, -0.25) is 18.8 Å². The zero-order valence-corrected chi connectivity index (χ0v) is 18.9. The summed E-state index contributed by atoms with van der Waals surface area (Å²) >= 11 is 0. The molecule has 31 heavy (non-hydrogen) atoms. The van der Waals surface area contributed by atoms with Gasteiger partial charge in [-0.05, 0) is 46.1 Å². The highest BCUT2D eigenvalue weighted by Gasteiger charge is 2.51. The van der Waals surface area contributed by atoms with Gasteiger partial charge in [0, 0.05) is 25.7 Å². The van der Waals surface area contributed by atoms with E-state index in [2.05, 4.69) is 10.1 Å². The fraction of sp³-hybridized carbons (Fsp3) is 0.409. The third-order valence-corrected chi connectivity index (χ3v) is 6.66. The van der Waals surface area contributed by atoms with Crippen LogP contribution in [0.4, 0.5) is 0 Å². The van der Waals surface area contributed by atoms with Gasteiger partial charge in [-0.1, -0.05) is 12.1 Å². The van der Waals surface area contributed by atoms with Crippen LogP contribution in [0, 0.1) is 6.92 Å². The van der Waals surface area contributed by atoms with Gasteiger partial charge in [0.1, 0.15) is 0 Å². The lowest BCUT2D eigenvalue weighted by Crippen LogP contribution is -2.41. The summed E-state index contributed by atoms with van der Waals surface area (Å²) in [5.74, 6) is 0. The monoisotopic (exact) mass is 419 g/mol. The summed E-state index contributed by atoms with van der Waals surface area (Å²) in [7, 11) is 3.12. The minimum absolute atomic E-state index is 0.138. The first-order chi connectivity index (χ1) is 14.5. The van der Waals surface area contributed by atoms with E-state index in [0.29, 0.717) is 0 Å². The third-order valence-electron chi connectivity index (χ3n) is 6.66. The summed E-state index contributed by atoms with van der Waals surface area (Å²) in [5, 5.41) is 5.30. The first kappa shape index (κ1) is 20.0. The van der Waals surface area contributed by atoms with E-state index < -0.39 is 18.3 Å². The Morgan fingerprint density at radius 2 is 1.74 bits per heavy atom. The second kappa shape index (κ2) is 6.31. The standard InChI is InChI=1S/C22H26BN5O3/c1-13-18(12-26(6)25-13)28-19-15-10-14(23-30-21(2,3)22(4,5)31-23)8-9-16(15)24-11-17(19)27(7)20(28)29/h8-12H,1-7H3. The van der Waals surface area contributed by atoms with Crippen LogP contribution in [0.5, 0.6) is 0 Å². The van der Waals surface area contributed by atoms with Crippen molar-refractivity contribution in [2.45, 2.75) is 45.8 Å². The predicted molar refractivity (Wildman–Crippen MR) is 121 cm³/mol. The number of imidazole rings is 1. The van der Waals surface area contributed by atoms with Crippen LogP contribution in [0.3, 0.4) is 0 Å². The Labute approximate surface area is 180 Å². The van der Waals surface area contributed by atoms with Crippen LogP contribution >= 0.6 is 0 Å². The fourth-order valence-electron chi connectivity index (χ4n) is 4.17. The van der Waals surface area contributed by atoms with E-state index in [0.717, 1.165) is 38.8 Å². The molecule has 9 heteroatoms. The van der Waals surface area contributed by atoms with Crippen LogP contribution in [0.15, 0.2) is 35.4 Å². The normalized spacial score (nSPS) is 17.8. The highest BCUT2D eigenvalue weighted by molar-refractivity contribution is 6.62. The predicted octanol–water partition coefficient (Wildman–Crippen LogP) is 2.22. The number of rotatable bonds is 2. The first-order valence-corrected chi connectivity index (χ1v) is 10.4. The molecule has 4 heterocycles. The van der Waals surface area contributed by atoms with Gasteiger partial charge in [0.2, 0.25) is 0 Å². The third kappa shape index (κ3) is 2.80. The van der Waals surface area contributed by atoms with Gasteiger partial charge in [-0.15, -0.1) is 0 Å². The molecule has 0 bridgehead atoms. The smallest absolute Gasteiger partial charge is 0.399 e. The van der Waals surface area contributed by atoms with E-state index in [1.807, 2.05) is 66.1 Å². The number of nitrogens with zero attached hydrogens (tertiary/aromatic N) is 5. The van der Waals surface area contributed by atoms with Gasteiger partial charge in [0.05, 0.1) is 45.3 Å². The second-order valence-corrected chi connectivity index (χ2v) is 9.31. The van der Waals surface area contributed by atoms with Crippen molar-refractivity contribution in [2.24, 2.45) is 14.1 Å². The number of hydrogen-bond acceptors (Lipinski definition) is 5. The lowest BCUT2D eigenvalue weighted by atomic mass is 9.78. The number of hydrogen-bond donors (Lipinski definition) is 0. The van der Waals surface area contributed by atoms with Gasteiger partial charge in [0.25, 0.3) is 0 Å². The number of fused-ring (bicyclic) bond motifs is 3. The Bertz CT molecular complexity index is 1400. The Kier molecular flexibility index (Phi) is 4.07. The molecule has 1 aromatic carbocycles. The maximum Gasteiger partial charge on any atom is 0.494 e. The molecule has 0 spiro atoms. The molecule has 1 aliphatic rings. The molecule has 1 aliphatic heterocycles. The molecule has 160 valence electrons. The lowest BCUT2D eigenvalue weighted by Gasteiger charge is -2.32. The molecule has 0 aliphatic carbocycles. The molecule has 0 atom stereocenters. The van der Waals surface area contributed by atoms with E-state index in [1.165, 1.54) is 0 Å². The molecule has 8 nitrogen and oxygen atoms in total. The van der Waals surface area contributed by atoms with Gasteiger partial charge in [-0.2, -0.15) is 5.10 Å². The van der Waals surface area contributed by atoms with Gasteiger partial charge < -0.3 is 9.31 Å². The van der Waals surface area contributed by atoms with Crippen LogP contribution in [0.25, 0.3) is 27.6 Å². The number of aryl methyl sites for hydroxylation is 3. The molecule has 1 fully saturated rings. The molecular formula is C22H26BN5O3. The Morgan fingerprint density at radius 1 is 1.06 bits per heavy atom. The SMILES string of the molecule is Cc1nn(C)cc1-n1c(=O)n(C)c2cnc3ccc(B4OC(C)(C)C(C)(C)O4)cc3c21. The van der Waals surface area contributed by atoms with Crippen LogP contribution in [0.1, 0.15) is 33.4 Å². The van der Waals surface area contributed by atoms with E-state index in [4.69, 9.17) is 9.31 Å². The minimum atomic E-state index is -0.492. The van der Waals surface area contributed by atoms with Crippen molar-refractivity contribution >= 4 is 34.5 Å². The van der Waals surface area contributed by atoms with Crippen molar-refractivity contribution in [2.75, 3.05) is 0 Å². The molecule has 5 rings (SSSR count). The minimum Gasteiger partial charge on any atom is -0.399 e. The van der Waals surface area contributed by atoms with Crippen molar-refractivity contribution in [3.05, 3.63) is 46.8 Å². The van der Waals surface area contributed by atoms with Crippen molar-refractivity contribution in [3.63, 3.8) is 0 Å². The van der Waals surface area contributed by atoms with Gasteiger partial charge in [-0.25, -0.2) is 4.79 Å². The summed E-state index contributed by atoms with van der Waals surface area (Å²) in [6.45, 7) is 10.0. The van der Waals surface area contributed by atoms with Gasteiger partial charge in [0.15, 0.2) is 0 Å². The Hall–Kier alpha value is -2.91. The summed E-state index contributed by atoms with van der Waals surface area (Å²) in [5.41, 5.74) is 3.78. The quantitative estimate of drug-likeness (QED) is 0.466. The molecule has 0 saturated carbocycles. The molecule has 0 radical (unpaired) electrons. The van der Waals surface area contributed by atoms with E-state index in [1.54, 1.807) is 27.1 Å². The number of pyridine rings is 1. The molecule has 1 saturated heterocycles. The van der Waals surface area contributed by atoms with E-state index in [-0.39, 0.29) is 5.69 Å². The zero-order chi connectivity index (χ0) is 22.3. The zero-order valence-electron chi connectivity index (χ0n) is 18.9. The Morgan fingerprint density at radius 3 is 2.35 bits per heavy atom. The summed E-state index contributed by atoms with van der Waals surface area (Å²) in [6, 6.07) is 5.95. The highest BCUT2D eigenvalue weighted by atomic mass is 16.7. The van der Waals surface area contributed by atoms with Gasteiger partial charge >= 0.3 is 12.8 Å². The van der Waals surface area contributed by atoms with Crippen molar-refractivity contribution in [3.8, 4) is 5.69 Å². The molecule has 0 N–H and O–H groups in total. The van der Waals surface area contributed by atoms with E-state index in [9.17, 15) is 4.79 Å². The van der Waals surface area contributed by atoms with Crippen molar-refractivity contribution in [1.82, 2.24) is 23.9 Å². The molecular weight excluding hydrogens is 393 g/mol. The highest BCUT2D eigenvalue weighted by Crippen LogP contribution is 2.37. The maximum atomic E-state index is 13.2. The summed E-state index contributed by atoms with van der Waals surface area (Å²) in [4.78, 5) is 17.8. The van der Waals surface area contributed by atoms with E-state index >= 15 is 0 Å². The maximum absolute atomic E-state index is 13.2. The number of aromatic nitrogens is 5. The van der Waals surface area contributed by atoms with Crippen LogP contribution < -0.4 is 11.2 Å². The van der Waals surface area contributed by atoms with Crippen molar-refractivity contribution < 1.29 is 9.31 Å². The number of benzene rings is 1. The topological polar surface area (TPSA) is 76.1 Å². The molecule has 0 unspecified atom stereocenters. The first-order valence-electron chi connectivity index (χ1n) is 10.4. The summed E-state index contributed by atoms with van der Waals surface area (Å²) in [6.07, 6.45) is 3.61. The average molecular weight is 419 g/mol. The lowest BCUT2D eigenvalue weighted by molar-refractivity contribution is 0.00578. The Balaban J connectivity index is 1.79. The summed E-state index contributed by atoms with van der Waals surface area (Å²) < 4.78 is 17.6. The second-order valence-electron chi connectivity index (χ2n) is 9.31.